The van der Waals surface area contributed by atoms with Gasteiger partial charge in [0.1, 0.15) is 6.07 Å². The lowest BCUT2D eigenvalue weighted by molar-refractivity contribution is 0.0381. The van der Waals surface area contributed by atoms with Gasteiger partial charge in [0, 0.05) is 31.6 Å². The molecule has 138 valence electrons. The van der Waals surface area contributed by atoms with Gasteiger partial charge in [-0.05, 0) is 34.8 Å². The summed E-state index contributed by atoms with van der Waals surface area (Å²) < 4.78 is 6.14. The smallest absolute Gasteiger partial charge is 0.234 e. The van der Waals surface area contributed by atoms with Gasteiger partial charge in [-0.15, -0.1) is 0 Å². The molecule has 25 heavy (non-hydrogen) atoms. The van der Waals surface area contributed by atoms with E-state index >= 15 is 0 Å². The number of nitriles is 1. The predicted molar refractivity (Wildman–Crippen MR) is 104 cm³/mol. The zero-order valence-corrected chi connectivity index (χ0v) is 17.1. The van der Waals surface area contributed by atoms with Crippen LogP contribution < -0.4 is 9.84 Å². The van der Waals surface area contributed by atoms with E-state index in [1.807, 2.05) is 11.1 Å². The fraction of sp³-hybridized carbons (Fsp3) is 0.688. The second-order valence-corrected chi connectivity index (χ2v) is 7.96. The van der Waals surface area contributed by atoms with Crippen molar-refractivity contribution in [2.45, 2.75) is 20.3 Å². The van der Waals surface area contributed by atoms with Crippen molar-refractivity contribution in [3.8, 4) is 6.07 Å². The number of halogens is 1. The molecular formula is C16H25BrN6OS. The quantitative estimate of drug-likeness (QED) is 0.365. The van der Waals surface area contributed by atoms with Crippen molar-refractivity contribution in [1.29, 1.82) is 5.26 Å². The first-order valence-corrected chi connectivity index (χ1v) is 10.3. The fourth-order valence-corrected chi connectivity index (χ4v) is 3.53. The van der Waals surface area contributed by atoms with Gasteiger partial charge in [-0.1, -0.05) is 25.8 Å². The van der Waals surface area contributed by atoms with Gasteiger partial charge in [-0.25, -0.2) is 4.98 Å². The molecule has 1 aliphatic rings. The second-order valence-electron chi connectivity index (χ2n) is 6.23. The van der Waals surface area contributed by atoms with Crippen LogP contribution in [-0.2, 0) is 4.74 Å². The summed E-state index contributed by atoms with van der Waals surface area (Å²) in [6, 6.07) is 2.00. The zero-order chi connectivity index (χ0) is 18.1. The maximum absolute atomic E-state index is 9.04. The molecular weight excluding hydrogens is 404 g/mol. The number of hydrazine groups is 1. The van der Waals surface area contributed by atoms with Crippen molar-refractivity contribution < 1.29 is 4.74 Å². The third-order valence-electron chi connectivity index (χ3n) is 3.63. The van der Waals surface area contributed by atoms with Crippen LogP contribution in [0.3, 0.4) is 0 Å². The van der Waals surface area contributed by atoms with Crippen molar-refractivity contribution in [2.75, 3.05) is 50.2 Å². The minimum atomic E-state index is 0.172. The van der Waals surface area contributed by atoms with Crippen LogP contribution in [0.2, 0.25) is 0 Å². The Kier molecular flexibility index (Phi) is 8.92. The Morgan fingerprint density at radius 1 is 1.48 bits per heavy atom. The predicted octanol–water partition coefficient (Wildman–Crippen LogP) is 2.45. The molecule has 1 aromatic heterocycles. The molecule has 0 atom stereocenters. The Morgan fingerprint density at radius 3 is 2.92 bits per heavy atom. The number of rotatable bonds is 9. The minimum absolute atomic E-state index is 0.172. The summed E-state index contributed by atoms with van der Waals surface area (Å²) in [6.45, 7) is 9.93. The van der Waals surface area contributed by atoms with Crippen LogP contribution in [0.15, 0.2) is 10.7 Å². The third kappa shape index (κ3) is 7.07. The van der Waals surface area contributed by atoms with Crippen molar-refractivity contribution in [3.05, 3.63) is 16.5 Å². The average Bonchev–Trinajstić information content (AvgIpc) is 2.61. The van der Waals surface area contributed by atoms with Gasteiger partial charge in [0.15, 0.2) is 5.82 Å². The summed E-state index contributed by atoms with van der Waals surface area (Å²) in [5.74, 6) is 2.32. The molecule has 1 aromatic rings. The average molecular weight is 429 g/mol. The maximum atomic E-state index is 9.04. The Labute approximate surface area is 162 Å². The van der Waals surface area contributed by atoms with Crippen LogP contribution in [0, 0.1) is 17.2 Å². The monoisotopic (exact) mass is 428 g/mol. The van der Waals surface area contributed by atoms with Crippen LogP contribution in [0.5, 0.6) is 0 Å². The molecule has 0 saturated carbocycles. The van der Waals surface area contributed by atoms with Crippen LogP contribution in [-0.4, -0.2) is 60.0 Å². The number of hydrogen-bond acceptors (Lipinski definition) is 8. The lowest BCUT2D eigenvalue weighted by Crippen LogP contribution is -2.38. The number of hydrogen-bond donors (Lipinski definition) is 1. The molecule has 0 bridgehead atoms. The molecule has 2 heterocycles. The summed E-state index contributed by atoms with van der Waals surface area (Å²) in [7, 11) is 0. The van der Waals surface area contributed by atoms with E-state index < -0.39 is 0 Å². The number of ether oxygens (including phenoxy) is 1. The lowest BCUT2D eigenvalue weighted by Gasteiger charge is -2.27. The van der Waals surface area contributed by atoms with Crippen molar-refractivity contribution in [3.63, 3.8) is 0 Å². The topological polar surface area (TPSA) is 77.3 Å². The molecule has 0 amide bonds. The number of nitrogens with zero attached hydrogens (tertiary/aromatic N) is 5. The van der Waals surface area contributed by atoms with E-state index in [-0.39, 0.29) is 5.82 Å². The van der Waals surface area contributed by atoms with Gasteiger partial charge in [-0.3, -0.25) is 9.91 Å². The summed E-state index contributed by atoms with van der Waals surface area (Å²) in [5.41, 5.74) is 0. The molecule has 7 nitrogen and oxygen atoms in total. The van der Waals surface area contributed by atoms with E-state index in [1.165, 1.54) is 0 Å². The number of anilines is 1. The normalized spacial score (nSPS) is 15.3. The lowest BCUT2D eigenvalue weighted by atomic mass is 10.2. The molecule has 1 aliphatic heterocycles. The van der Waals surface area contributed by atoms with Gasteiger partial charge in [-0.2, -0.15) is 15.1 Å². The molecule has 2 rings (SSSR count). The summed E-state index contributed by atoms with van der Waals surface area (Å²) in [5, 5.41) is 11.0. The van der Waals surface area contributed by atoms with Crippen LogP contribution in [0.4, 0.5) is 5.82 Å². The highest BCUT2D eigenvalue weighted by atomic mass is 79.9. The van der Waals surface area contributed by atoms with Gasteiger partial charge >= 0.3 is 0 Å². The molecule has 0 aromatic carbocycles. The standard InChI is InChI=1S/C16H25BrN6OS/c1-13(2)12-23(16-14(17)11-19-15(10-18)20-16)21-25-9-3-4-22-5-7-24-8-6-22/h11,13,21H,3-9,12H2,1-2H3. The van der Waals surface area contributed by atoms with Crippen LogP contribution >= 0.6 is 27.9 Å². The molecule has 1 saturated heterocycles. The molecule has 1 N–H and O–H groups in total. The van der Waals surface area contributed by atoms with E-state index in [0.717, 1.165) is 56.0 Å². The van der Waals surface area contributed by atoms with Gasteiger partial charge in [0.25, 0.3) is 0 Å². The summed E-state index contributed by atoms with van der Waals surface area (Å²) in [6.07, 6.45) is 2.74. The van der Waals surface area contributed by atoms with E-state index in [2.05, 4.69) is 49.5 Å². The van der Waals surface area contributed by atoms with Crippen LogP contribution in [0.25, 0.3) is 0 Å². The zero-order valence-electron chi connectivity index (χ0n) is 14.7. The van der Waals surface area contributed by atoms with Crippen LogP contribution in [0.1, 0.15) is 26.1 Å². The third-order valence-corrected chi connectivity index (χ3v) is 5.03. The molecule has 1 fully saturated rings. The minimum Gasteiger partial charge on any atom is -0.379 e. The summed E-state index contributed by atoms with van der Waals surface area (Å²) >= 11 is 5.14. The SMILES string of the molecule is CC(C)CN(NSCCCN1CCOCC1)c1nc(C#N)ncc1Br. The van der Waals surface area contributed by atoms with E-state index in [4.69, 9.17) is 10.00 Å². The first-order chi connectivity index (χ1) is 12.1. The van der Waals surface area contributed by atoms with E-state index in [1.54, 1.807) is 18.1 Å². The fourth-order valence-electron chi connectivity index (χ4n) is 2.44. The Bertz CT molecular complexity index is 576. The van der Waals surface area contributed by atoms with Crippen molar-refractivity contribution in [2.24, 2.45) is 5.92 Å². The van der Waals surface area contributed by atoms with E-state index in [0.29, 0.717) is 11.7 Å². The van der Waals surface area contributed by atoms with Gasteiger partial charge in [0.2, 0.25) is 5.82 Å². The Morgan fingerprint density at radius 2 is 2.24 bits per heavy atom. The Balaban J connectivity index is 1.84. The number of nitrogens with one attached hydrogen (secondary N) is 1. The first-order valence-electron chi connectivity index (χ1n) is 8.48. The maximum Gasteiger partial charge on any atom is 0.234 e. The van der Waals surface area contributed by atoms with E-state index in [9.17, 15) is 0 Å². The molecule has 0 radical (unpaired) electrons. The van der Waals surface area contributed by atoms with Gasteiger partial charge in [0.05, 0.1) is 17.7 Å². The highest BCUT2D eigenvalue weighted by Crippen LogP contribution is 2.23. The summed E-state index contributed by atoms with van der Waals surface area (Å²) in [4.78, 5) is 14.1. The van der Waals surface area contributed by atoms with Crippen molar-refractivity contribution in [1.82, 2.24) is 19.7 Å². The molecule has 9 heteroatoms. The number of morpholine rings is 1. The highest BCUT2D eigenvalue weighted by molar-refractivity contribution is 9.10. The van der Waals surface area contributed by atoms with Crippen molar-refractivity contribution >= 4 is 33.7 Å². The second kappa shape index (κ2) is 10.9. The molecule has 0 unspecified atom stereocenters. The Hall–Kier alpha value is -0.920. The highest BCUT2D eigenvalue weighted by Gasteiger charge is 2.15. The molecule has 0 spiro atoms. The number of aromatic nitrogens is 2. The molecule has 0 aliphatic carbocycles. The first kappa shape index (κ1) is 20.4. The van der Waals surface area contributed by atoms with Gasteiger partial charge < -0.3 is 4.74 Å². The largest absolute Gasteiger partial charge is 0.379 e.